The number of halogens is 2. The van der Waals surface area contributed by atoms with Gasteiger partial charge in [0, 0.05) is 5.54 Å². The molecule has 0 amide bonds. The van der Waals surface area contributed by atoms with Gasteiger partial charge in [-0.1, -0.05) is 25.0 Å². The standard InChI is InChI=1S/C14H19BrFN/c1-14(8-3-2-4-9-17-14)10-11-6-5-7-12(16)13(11)15/h5-7,17H,2-4,8-10H2,1H3. The van der Waals surface area contributed by atoms with Gasteiger partial charge in [0.1, 0.15) is 5.82 Å². The number of rotatable bonds is 2. The lowest BCUT2D eigenvalue weighted by atomic mass is 9.88. The first-order valence-electron chi connectivity index (χ1n) is 6.29. The van der Waals surface area contributed by atoms with Crippen molar-refractivity contribution in [1.82, 2.24) is 5.32 Å². The molecule has 1 aliphatic heterocycles. The highest BCUT2D eigenvalue weighted by molar-refractivity contribution is 9.10. The zero-order chi connectivity index (χ0) is 12.3. The molecule has 1 nitrogen and oxygen atoms in total. The summed E-state index contributed by atoms with van der Waals surface area (Å²) in [7, 11) is 0. The Labute approximate surface area is 111 Å². The van der Waals surface area contributed by atoms with Crippen LogP contribution in [0.1, 0.15) is 38.2 Å². The van der Waals surface area contributed by atoms with E-state index >= 15 is 0 Å². The van der Waals surface area contributed by atoms with E-state index in [0.717, 1.165) is 24.9 Å². The van der Waals surface area contributed by atoms with Crippen molar-refractivity contribution in [2.24, 2.45) is 0 Å². The molecule has 1 N–H and O–H groups in total. The summed E-state index contributed by atoms with van der Waals surface area (Å²) in [5.41, 5.74) is 1.16. The van der Waals surface area contributed by atoms with E-state index in [1.54, 1.807) is 6.07 Å². The Hall–Kier alpha value is -0.410. The fourth-order valence-corrected chi connectivity index (χ4v) is 2.96. The number of hydrogen-bond acceptors (Lipinski definition) is 1. The molecule has 0 spiro atoms. The lowest BCUT2D eigenvalue weighted by Crippen LogP contribution is -2.43. The van der Waals surface area contributed by atoms with Gasteiger partial charge in [-0.15, -0.1) is 0 Å². The van der Waals surface area contributed by atoms with Crippen LogP contribution in [0.5, 0.6) is 0 Å². The molecule has 1 atom stereocenters. The minimum atomic E-state index is -0.167. The summed E-state index contributed by atoms with van der Waals surface area (Å²) in [5.74, 6) is -0.167. The minimum Gasteiger partial charge on any atom is -0.311 e. The van der Waals surface area contributed by atoms with Crippen molar-refractivity contribution in [1.29, 1.82) is 0 Å². The van der Waals surface area contributed by atoms with Gasteiger partial charge in [-0.2, -0.15) is 0 Å². The van der Waals surface area contributed by atoms with E-state index in [9.17, 15) is 4.39 Å². The largest absolute Gasteiger partial charge is 0.311 e. The number of nitrogens with one attached hydrogen (secondary N) is 1. The molecule has 94 valence electrons. The molecule has 2 rings (SSSR count). The molecule has 1 unspecified atom stereocenters. The molecule has 1 aromatic rings. The molecule has 1 fully saturated rings. The molecule has 1 aliphatic rings. The van der Waals surface area contributed by atoms with Gasteiger partial charge in [-0.25, -0.2) is 4.39 Å². The van der Waals surface area contributed by atoms with Crippen LogP contribution in [-0.4, -0.2) is 12.1 Å². The predicted octanol–water partition coefficient (Wildman–Crippen LogP) is 4.05. The maximum absolute atomic E-state index is 13.5. The first kappa shape index (κ1) is 13.0. The van der Waals surface area contributed by atoms with Gasteiger partial charge in [0.15, 0.2) is 0 Å². The Morgan fingerprint density at radius 2 is 2.18 bits per heavy atom. The Kier molecular flexibility index (Phi) is 4.21. The summed E-state index contributed by atoms with van der Waals surface area (Å²) in [6, 6.07) is 5.29. The average Bonchev–Trinajstić information content (AvgIpc) is 2.50. The van der Waals surface area contributed by atoms with Gasteiger partial charge in [-0.05, 0) is 60.3 Å². The normalized spacial score (nSPS) is 25.6. The molecular weight excluding hydrogens is 281 g/mol. The molecule has 17 heavy (non-hydrogen) atoms. The van der Waals surface area contributed by atoms with E-state index in [1.165, 1.54) is 25.3 Å². The molecule has 1 saturated heterocycles. The smallest absolute Gasteiger partial charge is 0.137 e. The molecule has 0 aliphatic carbocycles. The van der Waals surface area contributed by atoms with Gasteiger partial charge in [0.2, 0.25) is 0 Å². The van der Waals surface area contributed by atoms with E-state index in [1.807, 2.05) is 6.07 Å². The summed E-state index contributed by atoms with van der Waals surface area (Å²) >= 11 is 3.35. The van der Waals surface area contributed by atoms with Crippen molar-refractivity contribution < 1.29 is 4.39 Å². The Morgan fingerprint density at radius 3 is 3.00 bits per heavy atom. The van der Waals surface area contributed by atoms with Crippen LogP contribution in [-0.2, 0) is 6.42 Å². The highest BCUT2D eigenvalue weighted by atomic mass is 79.9. The van der Waals surface area contributed by atoms with Gasteiger partial charge in [0.05, 0.1) is 4.47 Å². The van der Waals surface area contributed by atoms with Gasteiger partial charge < -0.3 is 5.32 Å². The zero-order valence-corrected chi connectivity index (χ0v) is 11.8. The Balaban J connectivity index is 2.15. The first-order chi connectivity index (χ1) is 8.11. The molecule has 0 saturated carbocycles. The van der Waals surface area contributed by atoms with Gasteiger partial charge >= 0.3 is 0 Å². The third kappa shape index (κ3) is 3.29. The molecular formula is C14H19BrFN. The summed E-state index contributed by atoms with van der Waals surface area (Å²) in [5, 5.41) is 3.61. The lowest BCUT2D eigenvalue weighted by Gasteiger charge is -2.30. The van der Waals surface area contributed by atoms with E-state index in [4.69, 9.17) is 0 Å². The van der Waals surface area contributed by atoms with Crippen LogP contribution in [0.3, 0.4) is 0 Å². The highest BCUT2D eigenvalue weighted by Crippen LogP contribution is 2.28. The van der Waals surface area contributed by atoms with Crippen molar-refractivity contribution in [3.8, 4) is 0 Å². The summed E-state index contributed by atoms with van der Waals surface area (Å²) in [6.45, 7) is 3.32. The quantitative estimate of drug-likeness (QED) is 0.868. The highest BCUT2D eigenvalue weighted by Gasteiger charge is 2.26. The molecule has 1 heterocycles. The summed E-state index contributed by atoms with van der Waals surface area (Å²) in [6.07, 6.45) is 5.85. The maximum Gasteiger partial charge on any atom is 0.137 e. The van der Waals surface area contributed by atoms with E-state index in [2.05, 4.69) is 28.2 Å². The van der Waals surface area contributed by atoms with E-state index in [0.29, 0.717) is 4.47 Å². The number of benzene rings is 1. The molecule has 1 aromatic carbocycles. The zero-order valence-electron chi connectivity index (χ0n) is 10.2. The minimum absolute atomic E-state index is 0.104. The third-order valence-corrected chi connectivity index (χ3v) is 4.46. The van der Waals surface area contributed by atoms with Gasteiger partial charge in [0.25, 0.3) is 0 Å². The monoisotopic (exact) mass is 299 g/mol. The van der Waals surface area contributed by atoms with Crippen LogP contribution < -0.4 is 5.32 Å². The van der Waals surface area contributed by atoms with Gasteiger partial charge in [-0.3, -0.25) is 0 Å². The Bertz CT molecular complexity index is 384. The van der Waals surface area contributed by atoms with Crippen molar-refractivity contribution in [3.63, 3.8) is 0 Å². The second kappa shape index (κ2) is 5.49. The van der Waals surface area contributed by atoms with Crippen LogP contribution in [0.15, 0.2) is 22.7 Å². The van der Waals surface area contributed by atoms with Crippen LogP contribution in [0.4, 0.5) is 4.39 Å². The van der Waals surface area contributed by atoms with E-state index in [-0.39, 0.29) is 11.4 Å². The van der Waals surface area contributed by atoms with Crippen LogP contribution in [0.2, 0.25) is 0 Å². The molecule has 3 heteroatoms. The van der Waals surface area contributed by atoms with E-state index < -0.39 is 0 Å². The van der Waals surface area contributed by atoms with Crippen LogP contribution in [0.25, 0.3) is 0 Å². The third-order valence-electron chi connectivity index (χ3n) is 3.57. The fourth-order valence-electron chi connectivity index (χ4n) is 2.55. The van der Waals surface area contributed by atoms with Crippen LogP contribution >= 0.6 is 15.9 Å². The topological polar surface area (TPSA) is 12.0 Å². The summed E-state index contributed by atoms with van der Waals surface area (Å²) in [4.78, 5) is 0. The predicted molar refractivity (Wildman–Crippen MR) is 72.7 cm³/mol. The fraction of sp³-hybridized carbons (Fsp3) is 0.571. The maximum atomic E-state index is 13.5. The van der Waals surface area contributed by atoms with Crippen molar-refractivity contribution in [2.75, 3.05) is 6.54 Å². The number of hydrogen-bond donors (Lipinski definition) is 1. The lowest BCUT2D eigenvalue weighted by molar-refractivity contribution is 0.344. The van der Waals surface area contributed by atoms with Crippen molar-refractivity contribution in [3.05, 3.63) is 34.1 Å². The first-order valence-corrected chi connectivity index (χ1v) is 7.08. The second-order valence-electron chi connectivity index (χ2n) is 5.19. The Morgan fingerprint density at radius 1 is 1.35 bits per heavy atom. The van der Waals surface area contributed by atoms with Crippen LogP contribution in [0, 0.1) is 5.82 Å². The molecule has 0 radical (unpaired) electrons. The van der Waals surface area contributed by atoms with Crippen molar-refractivity contribution in [2.45, 2.75) is 44.6 Å². The SMILES string of the molecule is CC1(Cc2cccc(F)c2Br)CCCCCN1. The molecule has 0 aromatic heterocycles. The second-order valence-corrected chi connectivity index (χ2v) is 5.98. The molecule has 0 bridgehead atoms. The average molecular weight is 300 g/mol. The summed E-state index contributed by atoms with van der Waals surface area (Å²) < 4.78 is 14.1. The van der Waals surface area contributed by atoms with Crippen molar-refractivity contribution >= 4 is 15.9 Å².